The number of nitrogens with zero attached hydrogens (tertiary/aromatic N) is 1. The van der Waals surface area contributed by atoms with Crippen molar-refractivity contribution in [1.29, 1.82) is 0 Å². The van der Waals surface area contributed by atoms with Crippen LogP contribution in [-0.4, -0.2) is 41.1 Å². The van der Waals surface area contributed by atoms with Gasteiger partial charge in [0.2, 0.25) is 0 Å². The molecule has 5 nitrogen and oxygen atoms in total. The van der Waals surface area contributed by atoms with Gasteiger partial charge < -0.3 is 14.7 Å². The Morgan fingerprint density at radius 1 is 1.48 bits per heavy atom. The Kier molecular flexibility index (Phi) is 4.56. The molecule has 1 saturated heterocycles. The monoisotopic (exact) mass is 355 g/mol. The summed E-state index contributed by atoms with van der Waals surface area (Å²) in [6, 6.07) is 5.02. The second-order valence-corrected chi connectivity index (χ2v) is 5.95. The Balaban J connectivity index is 2.35. The molecule has 0 saturated carbocycles. The van der Waals surface area contributed by atoms with Crippen molar-refractivity contribution < 1.29 is 19.4 Å². The summed E-state index contributed by atoms with van der Waals surface area (Å²) in [6.07, 6.45) is 1.62. The second kappa shape index (κ2) is 6.05. The van der Waals surface area contributed by atoms with Crippen LogP contribution in [0.2, 0.25) is 0 Å². The lowest BCUT2D eigenvalue weighted by Crippen LogP contribution is -2.52. The molecule has 1 fully saturated rings. The first-order valence-corrected chi connectivity index (χ1v) is 7.64. The molecular weight excluding hydrogens is 338 g/mol. The molecule has 1 aliphatic rings. The first-order chi connectivity index (χ1) is 9.96. The van der Waals surface area contributed by atoms with Gasteiger partial charge in [-0.1, -0.05) is 6.92 Å². The van der Waals surface area contributed by atoms with E-state index in [0.717, 1.165) is 0 Å². The number of carbonyl (C=O) groups excluding carboxylic acids is 1. The zero-order chi connectivity index (χ0) is 15.6. The van der Waals surface area contributed by atoms with Gasteiger partial charge in [0.25, 0.3) is 5.91 Å². The molecule has 2 rings (SSSR count). The van der Waals surface area contributed by atoms with Crippen LogP contribution in [0.3, 0.4) is 0 Å². The summed E-state index contributed by atoms with van der Waals surface area (Å²) in [5.41, 5.74) is -0.618. The smallest absolute Gasteiger partial charge is 0.329 e. The number of hydrogen-bond acceptors (Lipinski definition) is 3. The van der Waals surface area contributed by atoms with E-state index in [2.05, 4.69) is 15.9 Å². The molecule has 1 unspecified atom stereocenters. The van der Waals surface area contributed by atoms with Crippen LogP contribution < -0.4 is 4.74 Å². The van der Waals surface area contributed by atoms with Crippen LogP contribution in [0.5, 0.6) is 5.75 Å². The highest BCUT2D eigenvalue weighted by molar-refractivity contribution is 9.10. The Hall–Kier alpha value is -1.56. The predicted molar refractivity (Wildman–Crippen MR) is 81.6 cm³/mol. The highest BCUT2D eigenvalue weighted by Gasteiger charge is 2.48. The van der Waals surface area contributed by atoms with Crippen LogP contribution in [0.15, 0.2) is 22.7 Å². The molecule has 0 bridgehead atoms. The van der Waals surface area contributed by atoms with Crippen molar-refractivity contribution in [2.45, 2.75) is 31.7 Å². The molecule has 1 heterocycles. The Morgan fingerprint density at radius 3 is 2.71 bits per heavy atom. The maximum Gasteiger partial charge on any atom is 0.329 e. The van der Waals surface area contributed by atoms with Gasteiger partial charge in [-0.3, -0.25) is 4.79 Å². The zero-order valence-corrected chi connectivity index (χ0v) is 13.6. The van der Waals surface area contributed by atoms with Gasteiger partial charge in [-0.05, 0) is 53.4 Å². The van der Waals surface area contributed by atoms with Gasteiger partial charge in [0.05, 0.1) is 11.6 Å². The van der Waals surface area contributed by atoms with E-state index in [-0.39, 0.29) is 5.91 Å². The molecule has 0 spiro atoms. The highest BCUT2D eigenvalue weighted by atomic mass is 79.9. The van der Waals surface area contributed by atoms with Gasteiger partial charge in [0.15, 0.2) is 0 Å². The maximum absolute atomic E-state index is 12.7. The number of carboxylic acid groups (broad SMARTS) is 1. The fraction of sp³-hybridized carbons (Fsp3) is 0.467. The molecule has 1 amide bonds. The topological polar surface area (TPSA) is 66.8 Å². The minimum atomic E-state index is -1.08. The number of carbonyl (C=O) groups is 2. The molecule has 6 heteroatoms. The largest absolute Gasteiger partial charge is 0.496 e. The SMILES string of the molecule is CCC1(C(=O)O)CCCN1C(=O)c1ccc(OC)c(Br)c1. The molecule has 1 N–H and O–H groups in total. The Bertz CT molecular complexity index is 575. The molecule has 1 aliphatic heterocycles. The van der Waals surface area contributed by atoms with E-state index < -0.39 is 11.5 Å². The van der Waals surface area contributed by atoms with Crippen LogP contribution in [0.1, 0.15) is 36.5 Å². The van der Waals surface area contributed by atoms with Gasteiger partial charge in [-0.15, -0.1) is 0 Å². The lowest BCUT2D eigenvalue weighted by molar-refractivity contribution is -0.148. The summed E-state index contributed by atoms with van der Waals surface area (Å²) in [7, 11) is 1.55. The van der Waals surface area contributed by atoms with Crippen molar-refractivity contribution in [2.24, 2.45) is 0 Å². The third-order valence-corrected chi connectivity index (χ3v) is 4.74. The third-order valence-electron chi connectivity index (χ3n) is 4.12. The highest BCUT2D eigenvalue weighted by Crippen LogP contribution is 2.35. The lowest BCUT2D eigenvalue weighted by atomic mass is 9.92. The van der Waals surface area contributed by atoms with Crippen molar-refractivity contribution in [2.75, 3.05) is 13.7 Å². The number of amides is 1. The number of hydrogen-bond donors (Lipinski definition) is 1. The number of methoxy groups -OCH3 is 1. The van der Waals surface area contributed by atoms with E-state index in [4.69, 9.17) is 4.74 Å². The Morgan fingerprint density at radius 2 is 2.19 bits per heavy atom. The molecule has 21 heavy (non-hydrogen) atoms. The number of rotatable bonds is 4. The first-order valence-electron chi connectivity index (χ1n) is 6.85. The quantitative estimate of drug-likeness (QED) is 0.901. The zero-order valence-electron chi connectivity index (χ0n) is 12.1. The fourth-order valence-electron chi connectivity index (χ4n) is 2.87. The van der Waals surface area contributed by atoms with Crippen molar-refractivity contribution in [3.63, 3.8) is 0 Å². The Labute approximate surface area is 132 Å². The average Bonchev–Trinajstić information content (AvgIpc) is 2.91. The van der Waals surface area contributed by atoms with Crippen LogP contribution in [0, 0.1) is 0 Å². The number of benzene rings is 1. The molecular formula is C15H18BrNO4. The van der Waals surface area contributed by atoms with Crippen LogP contribution >= 0.6 is 15.9 Å². The molecule has 1 aromatic rings. The van der Waals surface area contributed by atoms with Gasteiger partial charge in [0.1, 0.15) is 11.3 Å². The van der Waals surface area contributed by atoms with E-state index in [0.29, 0.717) is 41.6 Å². The lowest BCUT2D eigenvalue weighted by Gasteiger charge is -2.34. The number of aliphatic carboxylic acids is 1. The first kappa shape index (κ1) is 15.8. The van der Waals surface area contributed by atoms with Crippen molar-refractivity contribution in [1.82, 2.24) is 4.90 Å². The molecule has 1 atom stereocenters. The number of carboxylic acids is 1. The fourth-order valence-corrected chi connectivity index (χ4v) is 3.41. The minimum absolute atomic E-state index is 0.250. The molecule has 0 aromatic heterocycles. The average molecular weight is 356 g/mol. The number of likely N-dealkylation sites (tertiary alicyclic amines) is 1. The second-order valence-electron chi connectivity index (χ2n) is 5.10. The van der Waals surface area contributed by atoms with Gasteiger partial charge in [-0.2, -0.15) is 0 Å². The summed E-state index contributed by atoms with van der Waals surface area (Å²) in [5, 5.41) is 9.54. The molecule has 0 radical (unpaired) electrons. The summed E-state index contributed by atoms with van der Waals surface area (Å²) in [5.74, 6) is -0.545. The predicted octanol–water partition coefficient (Wildman–Crippen LogP) is 2.93. The number of halogens is 1. The third kappa shape index (κ3) is 2.64. The van der Waals surface area contributed by atoms with Crippen molar-refractivity contribution >= 4 is 27.8 Å². The van der Waals surface area contributed by atoms with E-state index in [1.807, 2.05) is 6.92 Å². The van der Waals surface area contributed by atoms with Crippen LogP contribution in [0.4, 0.5) is 0 Å². The summed E-state index contributed by atoms with van der Waals surface area (Å²) < 4.78 is 5.81. The van der Waals surface area contributed by atoms with E-state index in [1.54, 1.807) is 25.3 Å². The normalized spacial score (nSPS) is 21.4. The maximum atomic E-state index is 12.7. The summed E-state index contributed by atoms with van der Waals surface area (Å²) >= 11 is 3.35. The number of ether oxygens (including phenoxy) is 1. The molecule has 1 aromatic carbocycles. The van der Waals surface area contributed by atoms with Crippen LogP contribution in [-0.2, 0) is 4.79 Å². The van der Waals surface area contributed by atoms with Crippen molar-refractivity contribution in [3.05, 3.63) is 28.2 Å². The molecule has 114 valence electrons. The summed E-state index contributed by atoms with van der Waals surface area (Å²) in [4.78, 5) is 25.8. The summed E-state index contributed by atoms with van der Waals surface area (Å²) in [6.45, 7) is 2.28. The molecule has 0 aliphatic carbocycles. The van der Waals surface area contributed by atoms with E-state index >= 15 is 0 Å². The van der Waals surface area contributed by atoms with Gasteiger partial charge in [0, 0.05) is 12.1 Å². The van der Waals surface area contributed by atoms with Gasteiger partial charge in [-0.25, -0.2) is 4.79 Å². The van der Waals surface area contributed by atoms with Gasteiger partial charge >= 0.3 is 5.97 Å². The van der Waals surface area contributed by atoms with Crippen molar-refractivity contribution in [3.8, 4) is 5.75 Å². The minimum Gasteiger partial charge on any atom is -0.496 e. The van der Waals surface area contributed by atoms with E-state index in [1.165, 1.54) is 4.90 Å². The standard InChI is InChI=1S/C15H18BrNO4/c1-3-15(14(19)20)7-4-8-17(15)13(18)10-5-6-12(21-2)11(16)9-10/h5-6,9H,3-4,7-8H2,1-2H3,(H,19,20). The van der Waals surface area contributed by atoms with E-state index in [9.17, 15) is 14.7 Å². The van der Waals surface area contributed by atoms with Crippen LogP contribution in [0.25, 0.3) is 0 Å².